The quantitative estimate of drug-likeness (QED) is 0.697. The van der Waals surface area contributed by atoms with E-state index in [1.54, 1.807) is 17.1 Å². The SMILES string of the molecule is C=CCC(CC=C)C(=O)N1CCC[C@H]1C(=O)N1CCN(C)CC1. The molecule has 0 aliphatic carbocycles. The van der Waals surface area contributed by atoms with Crippen molar-refractivity contribution in [2.45, 2.75) is 31.7 Å². The van der Waals surface area contributed by atoms with Crippen LogP contribution >= 0.6 is 0 Å². The van der Waals surface area contributed by atoms with E-state index in [2.05, 4.69) is 25.1 Å². The molecule has 0 bridgehead atoms. The maximum Gasteiger partial charge on any atom is 0.245 e. The van der Waals surface area contributed by atoms with E-state index in [4.69, 9.17) is 0 Å². The zero-order chi connectivity index (χ0) is 16.8. The van der Waals surface area contributed by atoms with Gasteiger partial charge in [-0.2, -0.15) is 0 Å². The lowest BCUT2D eigenvalue weighted by Crippen LogP contribution is -2.54. The Kier molecular flexibility index (Phi) is 6.39. The van der Waals surface area contributed by atoms with Gasteiger partial charge >= 0.3 is 0 Å². The number of likely N-dealkylation sites (N-methyl/N-ethyl adjacent to an activating group) is 1. The van der Waals surface area contributed by atoms with Crippen molar-refractivity contribution < 1.29 is 9.59 Å². The predicted octanol–water partition coefficient (Wildman–Crippen LogP) is 1.52. The van der Waals surface area contributed by atoms with E-state index >= 15 is 0 Å². The molecule has 2 amide bonds. The molecular weight excluding hydrogens is 290 g/mol. The van der Waals surface area contributed by atoms with E-state index in [0.717, 1.165) is 39.0 Å². The van der Waals surface area contributed by atoms with Crippen molar-refractivity contribution in [3.8, 4) is 0 Å². The molecule has 0 radical (unpaired) electrons. The van der Waals surface area contributed by atoms with Crippen LogP contribution in [0.3, 0.4) is 0 Å². The fourth-order valence-electron chi connectivity index (χ4n) is 3.46. The molecule has 0 unspecified atom stereocenters. The minimum Gasteiger partial charge on any atom is -0.338 e. The van der Waals surface area contributed by atoms with E-state index in [9.17, 15) is 9.59 Å². The van der Waals surface area contributed by atoms with Gasteiger partial charge < -0.3 is 14.7 Å². The van der Waals surface area contributed by atoms with E-state index in [-0.39, 0.29) is 23.8 Å². The summed E-state index contributed by atoms with van der Waals surface area (Å²) in [5.41, 5.74) is 0. The van der Waals surface area contributed by atoms with Crippen LogP contribution in [0.5, 0.6) is 0 Å². The van der Waals surface area contributed by atoms with Crippen molar-refractivity contribution in [1.29, 1.82) is 0 Å². The Morgan fingerprint density at radius 2 is 1.70 bits per heavy atom. The minimum atomic E-state index is -0.275. The smallest absolute Gasteiger partial charge is 0.245 e. The molecular formula is C18H29N3O2. The van der Waals surface area contributed by atoms with Crippen molar-refractivity contribution >= 4 is 11.8 Å². The number of hydrogen-bond donors (Lipinski definition) is 0. The van der Waals surface area contributed by atoms with Crippen molar-refractivity contribution in [2.75, 3.05) is 39.8 Å². The maximum absolute atomic E-state index is 12.8. The van der Waals surface area contributed by atoms with Crippen LogP contribution in [0.2, 0.25) is 0 Å². The van der Waals surface area contributed by atoms with Crippen LogP contribution in [-0.4, -0.2) is 72.3 Å². The number of carbonyl (C=O) groups is 2. The van der Waals surface area contributed by atoms with Crippen molar-refractivity contribution in [1.82, 2.24) is 14.7 Å². The van der Waals surface area contributed by atoms with Crippen LogP contribution < -0.4 is 0 Å². The Labute approximate surface area is 139 Å². The predicted molar refractivity (Wildman–Crippen MR) is 91.9 cm³/mol. The minimum absolute atomic E-state index is 0.0785. The lowest BCUT2D eigenvalue weighted by molar-refractivity contribution is -0.146. The summed E-state index contributed by atoms with van der Waals surface area (Å²) in [6, 6.07) is -0.275. The first-order chi connectivity index (χ1) is 11.1. The zero-order valence-electron chi connectivity index (χ0n) is 14.2. The van der Waals surface area contributed by atoms with Gasteiger partial charge in [0.05, 0.1) is 0 Å². The van der Waals surface area contributed by atoms with Crippen molar-refractivity contribution in [3.05, 3.63) is 25.3 Å². The third-order valence-electron chi connectivity index (χ3n) is 4.89. The van der Waals surface area contributed by atoms with E-state index in [1.807, 2.05) is 4.90 Å². The van der Waals surface area contributed by atoms with Crippen LogP contribution in [0.1, 0.15) is 25.7 Å². The van der Waals surface area contributed by atoms with Crippen LogP contribution in [0.4, 0.5) is 0 Å². The highest BCUT2D eigenvalue weighted by molar-refractivity contribution is 5.89. The van der Waals surface area contributed by atoms with Crippen LogP contribution in [-0.2, 0) is 9.59 Å². The molecule has 5 heteroatoms. The van der Waals surface area contributed by atoms with Gasteiger partial charge in [-0.05, 0) is 32.7 Å². The molecule has 2 aliphatic rings. The molecule has 2 aliphatic heterocycles. The first-order valence-electron chi connectivity index (χ1n) is 8.58. The number of likely N-dealkylation sites (tertiary alicyclic amines) is 1. The van der Waals surface area contributed by atoms with Gasteiger partial charge in [0.15, 0.2) is 0 Å². The van der Waals surface area contributed by atoms with Crippen LogP contribution in [0.25, 0.3) is 0 Å². The lowest BCUT2D eigenvalue weighted by atomic mass is 9.99. The number of carbonyl (C=O) groups excluding carboxylic acids is 2. The van der Waals surface area contributed by atoms with Crippen LogP contribution in [0, 0.1) is 5.92 Å². The summed E-state index contributed by atoms with van der Waals surface area (Å²) in [6.45, 7) is 11.5. The number of amides is 2. The van der Waals surface area contributed by atoms with Gasteiger partial charge in [-0.3, -0.25) is 9.59 Å². The van der Waals surface area contributed by atoms with E-state index < -0.39 is 0 Å². The van der Waals surface area contributed by atoms with Gasteiger partial charge in [0, 0.05) is 38.6 Å². The van der Waals surface area contributed by atoms with Gasteiger partial charge in [-0.1, -0.05) is 12.2 Å². The highest BCUT2D eigenvalue weighted by atomic mass is 16.2. The molecule has 1 atom stereocenters. The second-order valence-corrected chi connectivity index (χ2v) is 6.56. The highest BCUT2D eigenvalue weighted by Crippen LogP contribution is 2.24. The Morgan fingerprint density at radius 3 is 2.26 bits per heavy atom. The average Bonchev–Trinajstić information content (AvgIpc) is 3.03. The number of piperazine rings is 1. The summed E-state index contributed by atoms with van der Waals surface area (Å²) < 4.78 is 0. The molecule has 5 nitrogen and oxygen atoms in total. The maximum atomic E-state index is 12.8. The van der Waals surface area contributed by atoms with Gasteiger partial charge in [0.2, 0.25) is 11.8 Å². The summed E-state index contributed by atoms with van der Waals surface area (Å²) in [4.78, 5) is 31.6. The molecule has 2 fully saturated rings. The van der Waals surface area contributed by atoms with Gasteiger partial charge in [-0.15, -0.1) is 13.2 Å². The fourth-order valence-corrected chi connectivity index (χ4v) is 3.46. The Hall–Kier alpha value is -1.62. The lowest BCUT2D eigenvalue weighted by Gasteiger charge is -2.36. The molecule has 2 rings (SSSR count). The van der Waals surface area contributed by atoms with Gasteiger partial charge in [0.25, 0.3) is 0 Å². The van der Waals surface area contributed by atoms with Crippen molar-refractivity contribution in [3.63, 3.8) is 0 Å². The molecule has 23 heavy (non-hydrogen) atoms. The van der Waals surface area contributed by atoms with E-state index in [0.29, 0.717) is 19.4 Å². The summed E-state index contributed by atoms with van der Waals surface area (Å²) >= 11 is 0. The standard InChI is InChI=1S/C18H29N3O2/c1-4-7-15(8-5-2)17(22)21-10-6-9-16(21)18(23)20-13-11-19(3)12-14-20/h4-5,15-16H,1-2,6-14H2,3H3/t16-/m0/s1. The summed E-state index contributed by atoms with van der Waals surface area (Å²) in [7, 11) is 2.07. The number of rotatable bonds is 6. The molecule has 128 valence electrons. The molecule has 0 aromatic heterocycles. The number of nitrogens with zero attached hydrogens (tertiary/aromatic N) is 3. The first-order valence-corrected chi connectivity index (χ1v) is 8.58. The van der Waals surface area contributed by atoms with Crippen LogP contribution in [0.15, 0.2) is 25.3 Å². The molecule has 0 saturated carbocycles. The summed E-state index contributed by atoms with van der Waals surface area (Å²) in [5.74, 6) is 0.0700. The Balaban J connectivity index is 2.03. The summed E-state index contributed by atoms with van der Waals surface area (Å²) in [5, 5.41) is 0. The average molecular weight is 319 g/mol. The molecule has 0 N–H and O–H groups in total. The second kappa shape index (κ2) is 8.29. The molecule has 0 aromatic rings. The van der Waals surface area contributed by atoms with E-state index in [1.165, 1.54) is 0 Å². The third-order valence-corrected chi connectivity index (χ3v) is 4.89. The molecule has 2 heterocycles. The largest absolute Gasteiger partial charge is 0.338 e. The molecule has 2 saturated heterocycles. The van der Waals surface area contributed by atoms with Crippen molar-refractivity contribution in [2.24, 2.45) is 5.92 Å². The molecule has 0 aromatic carbocycles. The summed E-state index contributed by atoms with van der Waals surface area (Å²) in [6.07, 6.45) is 6.52. The number of allylic oxidation sites excluding steroid dienone is 2. The Bertz CT molecular complexity index is 445. The molecule has 0 spiro atoms. The van der Waals surface area contributed by atoms with Gasteiger partial charge in [0.1, 0.15) is 6.04 Å². The number of hydrogen-bond acceptors (Lipinski definition) is 3. The monoisotopic (exact) mass is 319 g/mol. The highest BCUT2D eigenvalue weighted by Gasteiger charge is 2.38. The first kappa shape index (κ1) is 17.7. The van der Waals surface area contributed by atoms with Gasteiger partial charge in [-0.25, -0.2) is 0 Å². The normalized spacial score (nSPS) is 22.4. The fraction of sp³-hybridized carbons (Fsp3) is 0.667. The second-order valence-electron chi connectivity index (χ2n) is 6.56. The topological polar surface area (TPSA) is 43.9 Å². The zero-order valence-corrected chi connectivity index (χ0v) is 14.2. The third kappa shape index (κ3) is 4.22. The Morgan fingerprint density at radius 1 is 1.09 bits per heavy atom.